The average molecular weight is 353 g/mol. The number of ether oxygens (including phenoxy) is 1. The Bertz CT molecular complexity index is 940. The summed E-state index contributed by atoms with van der Waals surface area (Å²) in [4.78, 5) is 27.1. The standard InChI is InChI=1S/C17H15N5O4/c1-26-9-13-4-2-3-5-14(13)20-17(23)12-6-7-15(16(8-12)22(24)25)21-11-18-10-19-21/h2-8,10-11H,9H2,1H3,(H,20,23). The normalized spacial score (nSPS) is 10.5. The van der Waals surface area contributed by atoms with Crippen molar-refractivity contribution in [1.29, 1.82) is 0 Å². The van der Waals surface area contributed by atoms with E-state index in [0.717, 1.165) is 5.56 Å². The van der Waals surface area contributed by atoms with Crippen LogP contribution < -0.4 is 5.32 Å². The van der Waals surface area contributed by atoms with Crippen LogP contribution in [-0.4, -0.2) is 32.7 Å². The highest BCUT2D eigenvalue weighted by Crippen LogP contribution is 2.24. The van der Waals surface area contributed by atoms with Gasteiger partial charge in [0, 0.05) is 30.0 Å². The number of anilines is 1. The predicted octanol–water partition coefficient (Wildman–Crippen LogP) is 2.57. The first kappa shape index (κ1) is 17.2. The smallest absolute Gasteiger partial charge is 0.295 e. The van der Waals surface area contributed by atoms with Crippen molar-refractivity contribution in [3.63, 3.8) is 0 Å². The van der Waals surface area contributed by atoms with Crippen LogP contribution in [0.2, 0.25) is 0 Å². The van der Waals surface area contributed by atoms with Crippen molar-refractivity contribution in [1.82, 2.24) is 14.8 Å². The van der Waals surface area contributed by atoms with Gasteiger partial charge in [0.15, 0.2) is 0 Å². The van der Waals surface area contributed by atoms with Gasteiger partial charge in [-0.05, 0) is 18.2 Å². The molecule has 9 heteroatoms. The molecule has 9 nitrogen and oxygen atoms in total. The molecule has 132 valence electrons. The number of benzene rings is 2. The zero-order chi connectivity index (χ0) is 18.5. The molecule has 0 aliphatic carbocycles. The van der Waals surface area contributed by atoms with Gasteiger partial charge in [-0.2, -0.15) is 5.10 Å². The third-order valence-electron chi connectivity index (χ3n) is 3.67. The molecule has 0 aliphatic rings. The van der Waals surface area contributed by atoms with Crippen LogP contribution in [0, 0.1) is 10.1 Å². The van der Waals surface area contributed by atoms with Gasteiger partial charge in [0.1, 0.15) is 18.3 Å². The van der Waals surface area contributed by atoms with E-state index in [1.165, 1.54) is 35.5 Å². The highest BCUT2D eigenvalue weighted by Gasteiger charge is 2.20. The van der Waals surface area contributed by atoms with Crippen LogP contribution in [0.5, 0.6) is 0 Å². The van der Waals surface area contributed by atoms with Crippen molar-refractivity contribution in [3.05, 3.63) is 76.4 Å². The zero-order valence-corrected chi connectivity index (χ0v) is 13.8. The van der Waals surface area contributed by atoms with Gasteiger partial charge in [-0.3, -0.25) is 14.9 Å². The Balaban J connectivity index is 1.91. The number of rotatable bonds is 6. The topological polar surface area (TPSA) is 112 Å². The van der Waals surface area contributed by atoms with Crippen molar-refractivity contribution < 1.29 is 14.5 Å². The molecule has 3 aromatic rings. The Morgan fingerprint density at radius 3 is 2.81 bits per heavy atom. The zero-order valence-electron chi connectivity index (χ0n) is 13.8. The molecular formula is C17H15N5O4. The maximum atomic E-state index is 12.5. The molecule has 1 aromatic heterocycles. The summed E-state index contributed by atoms with van der Waals surface area (Å²) < 4.78 is 6.38. The van der Waals surface area contributed by atoms with Gasteiger partial charge in [0.05, 0.1) is 11.5 Å². The first-order valence-electron chi connectivity index (χ1n) is 7.62. The number of hydrogen-bond donors (Lipinski definition) is 1. The fourth-order valence-electron chi connectivity index (χ4n) is 2.46. The Morgan fingerprint density at radius 2 is 2.12 bits per heavy atom. The number of nitro benzene ring substituents is 1. The van der Waals surface area contributed by atoms with Crippen LogP contribution in [0.15, 0.2) is 55.1 Å². The Labute approximate surface area is 148 Å². The van der Waals surface area contributed by atoms with Gasteiger partial charge in [-0.25, -0.2) is 9.67 Å². The molecule has 0 saturated carbocycles. The van der Waals surface area contributed by atoms with E-state index in [1.807, 2.05) is 12.1 Å². The number of para-hydroxylation sites is 1. The van der Waals surface area contributed by atoms with Crippen molar-refractivity contribution in [3.8, 4) is 5.69 Å². The number of aromatic nitrogens is 3. The van der Waals surface area contributed by atoms with Crippen molar-refractivity contribution in [2.45, 2.75) is 6.61 Å². The maximum Gasteiger partial charge on any atom is 0.295 e. The van der Waals surface area contributed by atoms with Crippen molar-refractivity contribution in [2.24, 2.45) is 0 Å². The molecule has 0 spiro atoms. The average Bonchev–Trinajstić information content (AvgIpc) is 3.17. The second kappa shape index (κ2) is 7.53. The minimum atomic E-state index is -0.563. The summed E-state index contributed by atoms with van der Waals surface area (Å²) in [7, 11) is 1.56. The van der Waals surface area contributed by atoms with Gasteiger partial charge < -0.3 is 10.1 Å². The number of amides is 1. The van der Waals surface area contributed by atoms with Crippen LogP contribution in [0.1, 0.15) is 15.9 Å². The molecule has 0 saturated heterocycles. The first-order chi connectivity index (χ1) is 12.6. The van der Waals surface area contributed by atoms with Crippen molar-refractivity contribution in [2.75, 3.05) is 12.4 Å². The van der Waals surface area contributed by atoms with Crippen LogP contribution >= 0.6 is 0 Å². The van der Waals surface area contributed by atoms with Gasteiger partial charge in [0.2, 0.25) is 0 Å². The van der Waals surface area contributed by atoms with E-state index in [0.29, 0.717) is 12.3 Å². The molecule has 0 unspecified atom stereocenters. The highest BCUT2D eigenvalue weighted by molar-refractivity contribution is 6.05. The Hall–Kier alpha value is -3.59. The molecule has 0 fully saturated rings. The minimum Gasteiger partial charge on any atom is -0.380 e. The summed E-state index contributed by atoms with van der Waals surface area (Å²) in [5, 5.41) is 18.0. The second-order valence-corrected chi connectivity index (χ2v) is 5.34. The van der Waals surface area contributed by atoms with Crippen LogP contribution in [0.25, 0.3) is 5.69 Å². The second-order valence-electron chi connectivity index (χ2n) is 5.34. The number of nitrogens with zero attached hydrogens (tertiary/aromatic N) is 4. The van der Waals surface area contributed by atoms with Crippen LogP contribution in [0.3, 0.4) is 0 Å². The molecule has 0 aliphatic heterocycles. The third-order valence-corrected chi connectivity index (χ3v) is 3.67. The molecule has 2 aromatic carbocycles. The number of nitrogens with one attached hydrogen (secondary N) is 1. The lowest BCUT2D eigenvalue weighted by Crippen LogP contribution is -2.14. The monoisotopic (exact) mass is 353 g/mol. The predicted molar refractivity (Wildman–Crippen MR) is 93.1 cm³/mol. The van der Waals surface area contributed by atoms with E-state index >= 15 is 0 Å². The van der Waals surface area contributed by atoms with Gasteiger partial charge in [0.25, 0.3) is 11.6 Å². The lowest BCUT2D eigenvalue weighted by molar-refractivity contribution is -0.384. The van der Waals surface area contributed by atoms with Gasteiger partial charge in [-0.15, -0.1) is 0 Å². The molecular weight excluding hydrogens is 338 g/mol. The Morgan fingerprint density at radius 1 is 1.31 bits per heavy atom. The number of nitro groups is 1. The fraction of sp³-hybridized carbons (Fsp3) is 0.118. The number of carbonyl (C=O) groups is 1. The van der Waals surface area contributed by atoms with Crippen LogP contribution in [-0.2, 0) is 11.3 Å². The largest absolute Gasteiger partial charge is 0.380 e. The number of methoxy groups -OCH3 is 1. The fourth-order valence-corrected chi connectivity index (χ4v) is 2.46. The summed E-state index contributed by atoms with van der Waals surface area (Å²) >= 11 is 0. The molecule has 1 heterocycles. The van der Waals surface area contributed by atoms with E-state index in [4.69, 9.17) is 4.74 Å². The quantitative estimate of drug-likeness (QED) is 0.538. The van der Waals surface area contributed by atoms with E-state index in [-0.39, 0.29) is 16.9 Å². The minimum absolute atomic E-state index is 0.160. The summed E-state index contributed by atoms with van der Waals surface area (Å²) in [6, 6.07) is 11.4. The highest BCUT2D eigenvalue weighted by atomic mass is 16.6. The summed E-state index contributed by atoms with van der Waals surface area (Å²) in [5.74, 6) is -0.457. The molecule has 1 amide bonds. The third kappa shape index (κ3) is 3.57. The lowest BCUT2D eigenvalue weighted by atomic mass is 10.1. The number of hydrogen-bond acceptors (Lipinski definition) is 6. The molecule has 0 radical (unpaired) electrons. The van der Waals surface area contributed by atoms with Crippen LogP contribution in [0.4, 0.5) is 11.4 Å². The summed E-state index contributed by atoms with van der Waals surface area (Å²) in [5.41, 5.74) is 1.53. The first-order valence-corrected chi connectivity index (χ1v) is 7.62. The lowest BCUT2D eigenvalue weighted by Gasteiger charge is -2.11. The van der Waals surface area contributed by atoms with E-state index in [9.17, 15) is 14.9 Å². The SMILES string of the molecule is COCc1ccccc1NC(=O)c1ccc(-n2cncn2)c([N+](=O)[O-])c1. The summed E-state index contributed by atoms with van der Waals surface area (Å²) in [6.07, 6.45) is 2.63. The molecule has 26 heavy (non-hydrogen) atoms. The van der Waals surface area contributed by atoms with Gasteiger partial charge in [-0.1, -0.05) is 18.2 Å². The number of carbonyl (C=O) groups excluding carboxylic acids is 1. The molecule has 1 N–H and O–H groups in total. The molecule has 0 atom stereocenters. The molecule has 0 bridgehead atoms. The Kier molecular flexibility index (Phi) is 4.99. The maximum absolute atomic E-state index is 12.5. The summed E-state index contributed by atoms with van der Waals surface area (Å²) in [6.45, 7) is 0.335. The van der Waals surface area contributed by atoms with Gasteiger partial charge >= 0.3 is 0 Å². The van der Waals surface area contributed by atoms with Crippen molar-refractivity contribution >= 4 is 17.3 Å². The molecule has 3 rings (SSSR count). The van der Waals surface area contributed by atoms with E-state index in [2.05, 4.69) is 15.4 Å². The van der Waals surface area contributed by atoms with E-state index in [1.54, 1.807) is 19.2 Å². The van der Waals surface area contributed by atoms with E-state index < -0.39 is 10.8 Å².